The van der Waals surface area contributed by atoms with Gasteiger partial charge in [-0.1, -0.05) is 76.0 Å². The summed E-state index contributed by atoms with van der Waals surface area (Å²) in [5, 5.41) is 0. The van der Waals surface area contributed by atoms with Gasteiger partial charge in [0.05, 0.1) is 13.7 Å². The van der Waals surface area contributed by atoms with E-state index in [0.717, 1.165) is 43.4 Å². The number of benzene rings is 1. The van der Waals surface area contributed by atoms with E-state index >= 15 is 0 Å². The van der Waals surface area contributed by atoms with E-state index in [4.69, 9.17) is 14.2 Å². The smallest absolute Gasteiger partial charge is 0.306 e. The molecule has 1 rings (SSSR count). The van der Waals surface area contributed by atoms with Gasteiger partial charge in [0.25, 0.3) is 0 Å². The van der Waals surface area contributed by atoms with Crippen molar-refractivity contribution >= 4 is 5.97 Å². The minimum atomic E-state index is -0.133. The van der Waals surface area contributed by atoms with E-state index in [1.807, 2.05) is 30.4 Å². The van der Waals surface area contributed by atoms with E-state index in [1.165, 1.54) is 64.2 Å². The Kier molecular flexibility index (Phi) is 18.7. The van der Waals surface area contributed by atoms with Crippen molar-refractivity contribution in [3.8, 4) is 11.5 Å². The molecule has 0 amide bonds. The topological polar surface area (TPSA) is 44.8 Å². The number of carbonyl (C=O) groups is 1. The van der Waals surface area contributed by atoms with Crippen molar-refractivity contribution in [1.82, 2.24) is 0 Å². The molecular weight excluding hydrogens is 424 g/mol. The average Bonchev–Trinajstić information content (AvgIpc) is 2.85. The predicted octanol–water partition coefficient (Wildman–Crippen LogP) is 8.73. The summed E-state index contributed by atoms with van der Waals surface area (Å²) in [6, 6.07) is 5.75. The first-order chi connectivity index (χ1) is 16.7. The lowest BCUT2D eigenvalue weighted by Gasteiger charge is -2.12. The molecule has 0 bridgehead atoms. The molecule has 34 heavy (non-hydrogen) atoms. The molecule has 0 N–H and O–H groups in total. The molecule has 0 radical (unpaired) electrons. The van der Waals surface area contributed by atoms with Gasteiger partial charge in [0.1, 0.15) is 6.61 Å². The molecule has 0 heterocycles. The third-order valence-corrected chi connectivity index (χ3v) is 5.98. The number of hydrogen-bond donors (Lipinski definition) is 0. The second-order valence-electron chi connectivity index (χ2n) is 9.00. The summed E-state index contributed by atoms with van der Waals surface area (Å²) >= 11 is 0. The van der Waals surface area contributed by atoms with Gasteiger partial charge in [-0.3, -0.25) is 4.79 Å². The summed E-state index contributed by atoms with van der Waals surface area (Å²) in [6.45, 7) is 8.47. The zero-order valence-corrected chi connectivity index (χ0v) is 21.7. The molecule has 0 aliphatic rings. The van der Waals surface area contributed by atoms with Crippen LogP contribution in [0, 0.1) is 0 Å². The third kappa shape index (κ3) is 15.6. The molecule has 0 aliphatic heterocycles. The van der Waals surface area contributed by atoms with Crippen LogP contribution in [-0.4, -0.2) is 19.7 Å². The Hall–Kier alpha value is -2.23. The van der Waals surface area contributed by atoms with Crippen LogP contribution in [0.1, 0.15) is 108 Å². The highest BCUT2D eigenvalue weighted by Crippen LogP contribution is 2.28. The van der Waals surface area contributed by atoms with E-state index in [0.29, 0.717) is 18.8 Å². The normalized spacial score (nSPS) is 10.6. The van der Waals surface area contributed by atoms with Gasteiger partial charge in [-0.15, -0.1) is 13.2 Å². The highest BCUT2D eigenvalue weighted by molar-refractivity contribution is 5.69. The first-order valence-corrected chi connectivity index (χ1v) is 13.4. The molecule has 1 aromatic rings. The zero-order valence-electron chi connectivity index (χ0n) is 21.7. The van der Waals surface area contributed by atoms with Crippen molar-refractivity contribution in [2.75, 3.05) is 13.7 Å². The molecule has 1 aromatic carbocycles. The second-order valence-corrected chi connectivity index (χ2v) is 9.00. The first kappa shape index (κ1) is 29.8. The van der Waals surface area contributed by atoms with E-state index in [2.05, 4.69) is 13.2 Å². The number of unbranched alkanes of at least 4 members (excludes halogenated alkanes) is 13. The van der Waals surface area contributed by atoms with Crippen molar-refractivity contribution < 1.29 is 19.0 Å². The van der Waals surface area contributed by atoms with Crippen molar-refractivity contribution in [2.45, 2.75) is 109 Å². The molecular formula is C30H48O4. The zero-order chi connectivity index (χ0) is 24.7. The van der Waals surface area contributed by atoms with Crippen LogP contribution in [0.5, 0.6) is 11.5 Å². The lowest BCUT2D eigenvalue weighted by Crippen LogP contribution is -2.05. The average molecular weight is 473 g/mol. The van der Waals surface area contributed by atoms with Crippen LogP contribution in [0.15, 0.2) is 43.5 Å². The van der Waals surface area contributed by atoms with Gasteiger partial charge in [0, 0.05) is 6.42 Å². The number of allylic oxidation sites excluding steroid dienone is 2. The Balaban J connectivity index is 2.17. The SMILES string of the molecule is C=CCCCCCCCCCOc1ccc(COC(=O)CCCCCCCCC=C)cc1OC. The fraction of sp³-hybridized carbons (Fsp3) is 0.633. The molecule has 0 unspecified atom stereocenters. The van der Waals surface area contributed by atoms with Crippen molar-refractivity contribution in [3.63, 3.8) is 0 Å². The van der Waals surface area contributed by atoms with Gasteiger partial charge in [-0.25, -0.2) is 0 Å². The number of ether oxygens (including phenoxy) is 3. The van der Waals surface area contributed by atoms with Gasteiger partial charge in [0.15, 0.2) is 11.5 Å². The molecule has 0 fully saturated rings. The van der Waals surface area contributed by atoms with Gasteiger partial charge in [-0.05, 0) is 56.2 Å². The van der Waals surface area contributed by atoms with Gasteiger partial charge >= 0.3 is 5.97 Å². The quantitative estimate of drug-likeness (QED) is 0.0907. The molecule has 0 saturated carbocycles. The van der Waals surface area contributed by atoms with Gasteiger partial charge in [-0.2, -0.15) is 0 Å². The fourth-order valence-corrected chi connectivity index (χ4v) is 3.88. The summed E-state index contributed by atoms with van der Waals surface area (Å²) < 4.78 is 16.9. The maximum atomic E-state index is 12.0. The van der Waals surface area contributed by atoms with Crippen LogP contribution >= 0.6 is 0 Å². The Bertz CT molecular complexity index is 668. The van der Waals surface area contributed by atoms with E-state index < -0.39 is 0 Å². The summed E-state index contributed by atoms with van der Waals surface area (Å²) in [5.41, 5.74) is 0.913. The number of rotatable bonds is 23. The minimum absolute atomic E-state index is 0.133. The van der Waals surface area contributed by atoms with Crippen LogP contribution in [0.25, 0.3) is 0 Å². The van der Waals surface area contributed by atoms with Crippen molar-refractivity contribution in [2.24, 2.45) is 0 Å². The Morgan fingerprint density at radius 3 is 1.91 bits per heavy atom. The van der Waals surface area contributed by atoms with Gasteiger partial charge < -0.3 is 14.2 Å². The summed E-state index contributed by atoms with van der Waals surface area (Å²) in [5.74, 6) is 1.30. The number of hydrogen-bond acceptors (Lipinski definition) is 4. The molecule has 0 saturated heterocycles. The third-order valence-electron chi connectivity index (χ3n) is 5.98. The van der Waals surface area contributed by atoms with Crippen LogP contribution in [0.3, 0.4) is 0 Å². The summed E-state index contributed by atoms with van der Waals surface area (Å²) in [6.07, 6.45) is 22.2. The molecule has 4 heteroatoms. The molecule has 0 atom stereocenters. The van der Waals surface area contributed by atoms with Crippen LogP contribution in [-0.2, 0) is 16.1 Å². The second kappa shape index (κ2) is 21.3. The maximum Gasteiger partial charge on any atom is 0.306 e. The summed E-state index contributed by atoms with van der Waals surface area (Å²) in [7, 11) is 1.64. The summed E-state index contributed by atoms with van der Waals surface area (Å²) in [4.78, 5) is 12.0. The fourth-order valence-electron chi connectivity index (χ4n) is 3.88. The van der Waals surface area contributed by atoms with Crippen LogP contribution < -0.4 is 9.47 Å². The Morgan fingerprint density at radius 2 is 1.32 bits per heavy atom. The maximum absolute atomic E-state index is 12.0. The lowest BCUT2D eigenvalue weighted by atomic mass is 10.1. The molecule has 0 aliphatic carbocycles. The van der Waals surface area contributed by atoms with Gasteiger partial charge in [0.2, 0.25) is 0 Å². The lowest BCUT2D eigenvalue weighted by molar-refractivity contribution is -0.145. The molecule has 0 spiro atoms. The van der Waals surface area contributed by atoms with E-state index in [-0.39, 0.29) is 12.6 Å². The minimum Gasteiger partial charge on any atom is -0.493 e. The van der Waals surface area contributed by atoms with Crippen LogP contribution in [0.2, 0.25) is 0 Å². The predicted molar refractivity (Wildman–Crippen MR) is 143 cm³/mol. The number of methoxy groups -OCH3 is 1. The highest BCUT2D eigenvalue weighted by atomic mass is 16.5. The monoisotopic (exact) mass is 472 g/mol. The first-order valence-electron chi connectivity index (χ1n) is 13.4. The molecule has 192 valence electrons. The standard InChI is InChI=1S/C30H48O4/c1-4-6-8-10-12-14-16-18-20-24-33-28-23-22-27(25-29(28)32-3)26-34-30(31)21-19-17-15-13-11-9-7-5-2/h4-5,22-23,25H,1-2,6-21,24,26H2,3H3. The van der Waals surface area contributed by atoms with E-state index in [1.54, 1.807) is 7.11 Å². The number of esters is 1. The Labute approximate surface area is 208 Å². The van der Waals surface area contributed by atoms with Crippen molar-refractivity contribution in [3.05, 3.63) is 49.1 Å². The number of carbonyl (C=O) groups excluding carboxylic acids is 1. The Morgan fingerprint density at radius 1 is 0.765 bits per heavy atom. The van der Waals surface area contributed by atoms with Crippen LogP contribution in [0.4, 0.5) is 0 Å². The molecule has 0 aromatic heterocycles. The largest absolute Gasteiger partial charge is 0.493 e. The highest BCUT2D eigenvalue weighted by Gasteiger charge is 2.08. The molecule has 4 nitrogen and oxygen atoms in total. The van der Waals surface area contributed by atoms with E-state index in [9.17, 15) is 4.79 Å². The van der Waals surface area contributed by atoms with Crippen molar-refractivity contribution in [1.29, 1.82) is 0 Å².